The molecule has 2 fully saturated rings. The van der Waals surface area contributed by atoms with Crippen LogP contribution in [-0.2, 0) is 4.79 Å². The van der Waals surface area contributed by atoms with Crippen molar-refractivity contribution in [2.24, 2.45) is 11.8 Å². The molecule has 24 heavy (non-hydrogen) atoms. The summed E-state index contributed by atoms with van der Waals surface area (Å²) >= 11 is 0. The standard InChI is InChI=1S/C17H21N5O2/c1-20-10-12-7-13(6-11(12)8-15(20)23)21(2)17(24)14-9-19-22-5-3-4-18-16(14)22/h3-5,9,11-13H,6-8,10H2,1-2H3/t11-,12+,13-/m0/s1. The molecule has 0 radical (unpaired) electrons. The van der Waals surface area contributed by atoms with Gasteiger partial charge in [-0.3, -0.25) is 9.59 Å². The Kier molecular flexibility index (Phi) is 3.51. The third-order valence-electron chi connectivity index (χ3n) is 5.57. The Labute approximate surface area is 140 Å². The normalized spacial score (nSPS) is 26.7. The zero-order valence-corrected chi connectivity index (χ0v) is 13.9. The maximum atomic E-state index is 12.9. The lowest BCUT2D eigenvalue weighted by atomic mass is 9.88. The first kappa shape index (κ1) is 15.1. The van der Waals surface area contributed by atoms with Gasteiger partial charge in [-0.2, -0.15) is 5.10 Å². The average Bonchev–Trinajstić information content (AvgIpc) is 3.18. The summed E-state index contributed by atoms with van der Waals surface area (Å²) in [7, 11) is 3.72. The molecule has 0 unspecified atom stereocenters. The molecule has 1 aliphatic carbocycles. The number of amides is 2. The van der Waals surface area contributed by atoms with Crippen molar-refractivity contribution in [1.29, 1.82) is 0 Å². The molecule has 2 aromatic heterocycles. The fourth-order valence-corrected chi connectivity index (χ4v) is 4.14. The van der Waals surface area contributed by atoms with Crippen LogP contribution in [0.5, 0.6) is 0 Å². The Morgan fingerprint density at radius 1 is 1.33 bits per heavy atom. The number of piperidine rings is 1. The summed E-state index contributed by atoms with van der Waals surface area (Å²) in [6.45, 7) is 0.806. The largest absolute Gasteiger partial charge is 0.345 e. The molecule has 2 aromatic rings. The van der Waals surface area contributed by atoms with Crippen LogP contribution in [0, 0.1) is 11.8 Å². The number of hydrogen-bond donors (Lipinski definition) is 0. The molecule has 1 saturated heterocycles. The van der Waals surface area contributed by atoms with Gasteiger partial charge in [-0.15, -0.1) is 0 Å². The molecule has 2 aliphatic rings. The van der Waals surface area contributed by atoms with Crippen molar-refractivity contribution in [2.45, 2.75) is 25.3 Å². The molecule has 0 bridgehead atoms. The number of carbonyl (C=O) groups excluding carboxylic acids is 2. The fourth-order valence-electron chi connectivity index (χ4n) is 4.14. The minimum atomic E-state index is -0.0490. The molecular formula is C17H21N5O2. The third kappa shape index (κ3) is 2.35. The van der Waals surface area contributed by atoms with Gasteiger partial charge in [0.05, 0.1) is 6.20 Å². The second-order valence-electron chi connectivity index (χ2n) is 6.99. The predicted molar refractivity (Wildman–Crippen MR) is 87.3 cm³/mol. The van der Waals surface area contributed by atoms with Crippen LogP contribution in [0.1, 0.15) is 29.6 Å². The van der Waals surface area contributed by atoms with E-state index in [1.165, 1.54) is 0 Å². The summed E-state index contributed by atoms with van der Waals surface area (Å²) < 4.78 is 1.61. The highest BCUT2D eigenvalue weighted by Crippen LogP contribution is 2.40. The first-order chi connectivity index (χ1) is 11.5. The van der Waals surface area contributed by atoms with Gasteiger partial charge in [0.25, 0.3) is 5.91 Å². The summed E-state index contributed by atoms with van der Waals surface area (Å²) in [5.41, 5.74) is 1.11. The molecule has 1 aliphatic heterocycles. The summed E-state index contributed by atoms with van der Waals surface area (Å²) in [4.78, 5) is 32.7. The molecule has 7 nitrogen and oxygen atoms in total. The zero-order valence-electron chi connectivity index (χ0n) is 13.9. The molecule has 0 aromatic carbocycles. The van der Waals surface area contributed by atoms with Gasteiger partial charge in [0.15, 0.2) is 5.65 Å². The molecule has 4 rings (SSSR count). The first-order valence-corrected chi connectivity index (χ1v) is 8.34. The van der Waals surface area contributed by atoms with E-state index in [1.807, 2.05) is 23.9 Å². The monoisotopic (exact) mass is 327 g/mol. The molecule has 0 N–H and O–H groups in total. The van der Waals surface area contributed by atoms with Crippen molar-refractivity contribution in [3.63, 3.8) is 0 Å². The van der Waals surface area contributed by atoms with Gasteiger partial charge in [-0.25, -0.2) is 9.50 Å². The number of rotatable bonds is 2. The van der Waals surface area contributed by atoms with Gasteiger partial charge >= 0.3 is 0 Å². The van der Waals surface area contributed by atoms with E-state index < -0.39 is 0 Å². The number of aromatic nitrogens is 3. The smallest absolute Gasteiger partial charge is 0.259 e. The average molecular weight is 327 g/mol. The topological polar surface area (TPSA) is 70.8 Å². The van der Waals surface area contributed by atoms with Crippen molar-refractivity contribution in [1.82, 2.24) is 24.4 Å². The fraction of sp³-hybridized carbons (Fsp3) is 0.529. The van der Waals surface area contributed by atoms with E-state index in [0.717, 1.165) is 19.4 Å². The van der Waals surface area contributed by atoms with Gasteiger partial charge < -0.3 is 9.80 Å². The lowest BCUT2D eigenvalue weighted by Gasteiger charge is -2.31. The van der Waals surface area contributed by atoms with E-state index in [9.17, 15) is 9.59 Å². The van der Waals surface area contributed by atoms with Crippen molar-refractivity contribution in [3.05, 3.63) is 30.2 Å². The van der Waals surface area contributed by atoms with E-state index in [2.05, 4.69) is 10.1 Å². The van der Waals surface area contributed by atoms with Gasteiger partial charge in [-0.05, 0) is 30.7 Å². The van der Waals surface area contributed by atoms with E-state index >= 15 is 0 Å². The number of likely N-dealkylation sites (tertiary alicyclic amines) is 1. The summed E-state index contributed by atoms with van der Waals surface area (Å²) in [6, 6.07) is 1.96. The number of nitrogens with zero attached hydrogens (tertiary/aromatic N) is 5. The lowest BCUT2D eigenvalue weighted by Crippen LogP contribution is -2.39. The quantitative estimate of drug-likeness (QED) is 0.827. The van der Waals surface area contributed by atoms with Crippen LogP contribution in [0.4, 0.5) is 0 Å². The highest BCUT2D eigenvalue weighted by atomic mass is 16.2. The van der Waals surface area contributed by atoms with Crippen LogP contribution < -0.4 is 0 Å². The van der Waals surface area contributed by atoms with Crippen molar-refractivity contribution >= 4 is 17.5 Å². The van der Waals surface area contributed by atoms with E-state index in [4.69, 9.17) is 0 Å². The lowest BCUT2D eigenvalue weighted by molar-refractivity contribution is -0.134. The maximum absolute atomic E-state index is 12.9. The van der Waals surface area contributed by atoms with Gasteiger partial charge in [0, 0.05) is 45.5 Å². The van der Waals surface area contributed by atoms with E-state index in [-0.39, 0.29) is 17.9 Å². The predicted octanol–water partition coefficient (Wildman–Crippen LogP) is 1.06. The highest BCUT2D eigenvalue weighted by Gasteiger charge is 2.42. The SMILES string of the molecule is CN1C[C@H]2C[C@@H](N(C)C(=O)c3cnn4cccnc34)C[C@H]2CC1=O. The summed E-state index contributed by atoms with van der Waals surface area (Å²) in [5, 5.41) is 4.20. The van der Waals surface area contributed by atoms with Crippen LogP contribution in [0.3, 0.4) is 0 Å². The Morgan fingerprint density at radius 3 is 2.96 bits per heavy atom. The maximum Gasteiger partial charge on any atom is 0.259 e. The Bertz CT molecular complexity index is 801. The van der Waals surface area contributed by atoms with Crippen molar-refractivity contribution in [3.8, 4) is 0 Å². The molecule has 7 heteroatoms. The van der Waals surface area contributed by atoms with Gasteiger partial charge in [0.1, 0.15) is 5.56 Å². The summed E-state index contributed by atoms with van der Waals surface area (Å²) in [5.74, 6) is 1.07. The molecular weight excluding hydrogens is 306 g/mol. The second kappa shape index (κ2) is 5.58. The number of carbonyl (C=O) groups is 2. The van der Waals surface area contributed by atoms with Crippen LogP contribution in [-0.4, -0.2) is 62.9 Å². The van der Waals surface area contributed by atoms with Crippen LogP contribution in [0.2, 0.25) is 0 Å². The zero-order chi connectivity index (χ0) is 16.8. The minimum Gasteiger partial charge on any atom is -0.345 e. The van der Waals surface area contributed by atoms with Crippen LogP contribution >= 0.6 is 0 Å². The molecule has 1 saturated carbocycles. The molecule has 2 amide bonds. The molecule has 0 spiro atoms. The van der Waals surface area contributed by atoms with Crippen molar-refractivity contribution in [2.75, 3.05) is 20.6 Å². The number of fused-ring (bicyclic) bond motifs is 2. The molecule has 3 heterocycles. The van der Waals surface area contributed by atoms with Crippen LogP contribution in [0.25, 0.3) is 5.65 Å². The minimum absolute atomic E-state index is 0.0490. The second-order valence-corrected chi connectivity index (χ2v) is 6.99. The van der Waals surface area contributed by atoms with Crippen molar-refractivity contribution < 1.29 is 9.59 Å². The Balaban J connectivity index is 1.53. The van der Waals surface area contributed by atoms with E-state index in [1.54, 1.807) is 29.2 Å². The number of hydrogen-bond acceptors (Lipinski definition) is 4. The van der Waals surface area contributed by atoms with Crippen LogP contribution in [0.15, 0.2) is 24.7 Å². The van der Waals surface area contributed by atoms with Gasteiger partial charge in [-0.1, -0.05) is 0 Å². The highest BCUT2D eigenvalue weighted by molar-refractivity contribution is 5.99. The van der Waals surface area contributed by atoms with Gasteiger partial charge in [0.2, 0.25) is 5.91 Å². The third-order valence-corrected chi connectivity index (χ3v) is 5.57. The summed E-state index contributed by atoms with van der Waals surface area (Å²) in [6.07, 6.45) is 7.50. The Morgan fingerprint density at radius 2 is 2.12 bits per heavy atom. The molecule has 126 valence electrons. The van der Waals surface area contributed by atoms with E-state index in [0.29, 0.717) is 29.5 Å². The molecule has 3 atom stereocenters. The first-order valence-electron chi connectivity index (χ1n) is 8.34. The Hall–Kier alpha value is -2.44.